The fourth-order valence-electron chi connectivity index (χ4n) is 2.27. The molecule has 0 aliphatic heterocycles. The lowest BCUT2D eigenvalue weighted by molar-refractivity contribution is -0.141. The predicted octanol–water partition coefficient (Wildman–Crippen LogP) is 2.40. The van der Waals surface area contributed by atoms with Crippen LogP contribution >= 0.6 is 0 Å². The Morgan fingerprint density at radius 1 is 1.42 bits per heavy atom. The second kappa shape index (κ2) is 7.79. The van der Waals surface area contributed by atoms with Gasteiger partial charge in [0.2, 0.25) is 0 Å². The van der Waals surface area contributed by atoms with Crippen LogP contribution in [0.4, 0.5) is 0 Å². The van der Waals surface area contributed by atoms with Gasteiger partial charge in [-0.15, -0.1) is 0 Å². The van der Waals surface area contributed by atoms with Crippen molar-refractivity contribution in [2.24, 2.45) is 17.6 Å². The summed E-state index contributed by atoms with van der Waals surface area (Å²) in [5.41, 5.74) is 6.56. The van der Waals surface area contributed by atoms with E-state index < -0.39 is 11.9 Å². The van der Waals surface area contributed by atoms with Crippen LogP contribution in [0.2, 0.25) is 0 Å². The molecule has 19 heavy (non-hydrogen) atoms. The molecular formula is C15H23NO3. The van der Waals surface area contributed by atoms with E-state index in [-0.39, 0.29) is 6.54 Å². The van der Waals surface area contributed by atoms with Gasteiger partial charge in [-0.25, -0.2) is 0 Å². The number of aliphatic carboxylic acids is 1. The highest BCUT2D eigenvalue weighted by molar-refractivity contribution is 5.70. The van der Waals surface area contributed by atoms with E-state index in [1.54, 1.807) is 12.1 Å². The van der Waals surface area contributed by atoms with Gasteiger partial charge in [0.1, 0.15) is 5.75 Å². The third kappa shape index (κ3) is 5.75. The molecule has 0 saturated heterocycles. The molecule has 0 fully saturated rings. The van der Waals surface area contributed by atoms with Gasteiger partial charge in [-0.3, -0.25) is 4.79 Å². The van der Waals surface area contributed by atoms with Crippen LogP contribution in [0.25, 0.3) is 0 Å². The number of aromatic hydroxyl groups is 1. The normalized spacial score (nSPS) is 14.0. The number of benzene rings is 1. The number of aryl methyl sites for hydroxylation is 1. The summed E-state index contributed by atoms with van der Waals surface area (Å²) in [4.78, 5) is 10.9. The lowest BCUT2D eigenvalue weighted by atomic mass is 9.91. The van der Waals surface area contributed by atoms with Gasteiger partial charge in [0.15, 0.2) is 0 Å². The largest absolute Gasteiger partial charge is 0.508 e. The molecule has 0 radical (unpaired) electrons. The van der Waals surface area contributed by atoms with E-state index in [2.05, 4.69) is 6.92 Å². The third-order valence-electron chi connectivity index (χ3n) is 3.39. The SMILES string of the molecule is CC(CCCc1cccc(O)c1)CC(CN)C(=O)O. The molecule has 2 atom stereocenters. The molecule has 0 spiro atoms. The van der Waals surface area contributed by atoms with Crippen molar-refractivity contribution in [3.05, 3.63) is 29.8 Å². The van der Waals surface area contributed by atoms with Gasteiger partial charge in [-0.2, -0.15) is 0 Å². The van der Waals surface area contributed by atoms with Gasteiger partial charge in [0.25, 0.3) is 0 Å². The topological polar surface area (TPSA) is 83.5 Å². The lowest BCUT2D eigenvalue weighted by Crippen LogP contribution is -2.25. The van der Waals surface area contributed by atoms with Crippen molar-refractivity contribution in [2.75, 3.05) is 6.54 Å². The van der Waals surface area contributed by atoms with Crippen molar-refractivity contribution < 1.29 is 15.0 Å². The number of carboxylic acid groups (broad SMARTS) is 1. The molecule has 0 bridgehead atoms. The average Bonchev–Trinajstić information content (AvgIpc) is 2.35. The van der Waals surface area contributed by atoms with Crippen LogP contribution < -0.4 is 5.73 Å². The number of phenols is 1. The van der Waals surface area contributed by atoms with Gasteiger partial charge >= 0.3 is 5.97 Å². The van der Waals surface area contributed by atoms with Crippen molar-refractivity contribution in [1.82, 2.24) is 0 Å². The Kier molecular flexibility index (Phi) is 6.36. The second-order valence-electron chi connectivity index (χ2n) is 5.17. The summed E-state index contributed by atoms with van der Waals surface area (Å²) in [6, 6.07) is 7.25. The van der Waals surface area contributed by atoms with Crippen molar-refractivity contribution in [3.8, 4) is 5.75 Å². The quantitative estimate of drug-likeness (QED) is 0.674. The molecule has 0 heterocycles. The molecule has 4 nitrogen and oxygen atoms in total. The number of nitrogens with two attached hydrogens (primary N) is 1. The van der Waals surface area contributed by atoms with Crippen LogP contribution in [0.1, 0.15) is 31.7 Å². The van der Waals surface area contributed by atoms with Gasteiger partial charge in [-0.05, 0) is 42.9 Å². The van der Waals surface area contributed by atoms with Crippen LogP contribution in [0.5, 0.6) is 5.75 Å². The molecule has 0 amide bonds. The zero-order valence-corrected chi connectivity index (χ0v) is 11.4. The van der Waals surface area contributed by atoms with Crippen LogP contribution in [-0.4, -0.2) is 22.7 Å². The maximum Gasteiger partial charge on any atom is 0.307 e. The van der Waals surface area contributed by atoms with Gasteiger partial charge in [0.05, 0.1) is 5.92 Å². The zero-order chi connectivity index (χ0) is 14.3. The van der Waals surface area contributed by atoms with Crippen LogP contribution in [0.15, 0.2) is 24.3 Å². The van der Waals surface area contributed by atoms with Crippen molar-refractivity contribution in [2.45, 2.75) is 32.6 Å². The van der Waals surface area contributed by atoms with Crippen molar-refractivity contribution in [3.63, 3.8) is 0 Å². The van der Waals surface area contributed by atoms with Crippen LogP contribution in [0.3, 0.4) is 0 Å². The Labute approximate surface area is 114 Å². The minimum Gasteiger partial charge on any atom is -0.508 e. The number of rotatable bonds is 8. The first-order valence-corrected chi connectivity index (χ1v) is 6.73. The predicted molar refractivity (Wildman–Crippen MR) is 75.0 cm³/mol. The molecule has 1 aromatic rings. The number of phenolic OH excluding ortho intramolecular Hbond substituents is 1. The summed E-state index contributed by atoms with van der Waals surface area (Å²) in [6.45, 7) is 2.26. The van der Waals surface area contributed by atoms with Crippen molar-refractivity contribution in [1.29, 1.82) is 0 Å². The molecule has 0 aliphatic carbocycles. The Hall–Kier alpha value is -1.55. The standard InChI is InChI=1S/C15H23NO3/c1-11(8-13(10-16)15(18)19)4-2-5-12-6-3-7-14(17)9-12/h3,6-7,9,11,13,17H,2,4-5,8,10,16H2,1H3,(H,18,19). The first kappa shape index (κ1) is 15.5. The fourth-order valence-corrected chi connectivity index (χ4v) is 2.27. The van der Waals surface area contributed by atoms with E-state index in [9.17, 15) is 9.90 Å². The van der Waals surface area contributed by atoms with Gasteiger partial charge in [0, 0.05) is 6.54 Å². The number of carboxylic acids is 1. The highest BCUT2D eigenvalue weighted by Crippen LogP contribution is 2.19. The molecular weight excluding hydrogens is 242 g/mol. The average molecular weight is 265 g/mol. The van der Waals surface area contributed by atoms with E-state index in [1.165, 1.54) is 0 Å². The molecule has 0 aromatic heterocycles. The maximum atomic E-state index is 10.9. The van der Waals surface area contributed by atoms with E-state index in [0.29, 0.717) is 18.1 Å². The van der Waals surface area contributed by atoms with Gasteiger partial charge < -0.3 is 15.9 Å². The molecule has 106 valence electrons. The molecule has 4 N–H and O–H groups in total. The monoisotopic (exact) mass is 265 g/mol. The van der Waals surface area contributed by atoms with E-state index in [4.69, 9.17) is 10.8 Å². The first-order valence-electron chi connectivity index (χ1n) is 6.73. The minimum absolute atomic E-state index is 0.201. The summed E-state index contributed by atoms with van der Waals surface area (Å²) in [6.07, 6.45) is 3.49. The molecule has 1 rings (SSSR count). The van der Waals surface area contributed by atoms with Crippen LogP contribution in [-0.2, 0) is 11.2 Å². The smallest absolute Gasteiger partial charge is 0.307 e. The maximum absolute atomic E-state index is 10.9. The Morgan fingerprint density at radius 2 is 2.16 bits per heavy atom. The zero-order valence-electron chi connectivity index (χ0n) is 11.4. The molecule has 4 heteroatoms. The summed E-state index contributed by atoms with van der Waals surface area (Å²) in [5.74, 6) is -0.598. The molecule has 0 aliphatic rings. The minimum atomic E-state index is -0.803. The number of carbonyl (C=O) groups is 1. The highest BCUT2D eigenvalue weighted by atomic mass is 16.4. The lowest BCUT2D eigenvalue weighted by Gasteiger charge is -2.16. The van der Waals surface area contributed by atoms with Gasteiger partial charge in [-0.1, -0.05) is 25.5 Å². The first-order chi connectivity index (χ1) is 9.02. The summed E-state index contributed by atoms with van der Waals surface area (Å²) in [7, 11) is 0. The van der Waals surface area contributed by atoms with E-state index in [0.717, 1.165) is 24.8 Å². The molecule has 2 unspecified atom stereocenters. The molecule has 0 saturated carbocycles. The Morgan fingerprint density at radius 3 is 2.74 bits per heavy atom. The van der Waals surface area contributed by atoms with E-state index >= 15 is 0 Å². The third-order valence-corrected chi connectivity index (χ3v) is 3.39. The number of hydrogen-bond acceptors (Lipinski definition) is 3. The van der Waals surface area contributed by atoms with E-state index in [1.807, 2.05) is 12.1 Å². The van der Waals surface area contributed by atoms with Crippen LogP contribution in [0, 0.1) is 11.8 Å². The highest BCUT2D eigenvalue weighted by Gasteiger charge is 2.18. The van der Waals surface area contributed by atoms with Crippen molar-refractivity contribution >= 4 is 5.97 Å². The summed E-state index contributed by atoms with van der Waals surface area (Å²) in [5, 5.41) is 18.3. The number of hydrogen-bond donors (Lipinski definition) is 3. The Bertz CT molecular complexity index is 406. The fraction of sp³-hybridized carbons (Fsp3) is 0.533. The summed E-state index contributed by atoms with van der Waals surface area (Å²) >= 11 is 0. The second-order valence-corrected chi connectivity index (χ2v) is 5.17. The summed E-state index contributed by atoms with van der Waals surface area (Å²) < 4.78 is 0. The Balaban J connectivity index is 2.30. The molecule has 1 aromatic carbocycles.